The number of nitrogens with one attached hydrogen (secondary N) is 1. The van der Waals surface area contributed by atoms with E-state index in [9.17, 15) is 9.90 Å². The second-order valence-electron chi connectivity index (χ2n) is 5.62. The van der Waals surface area contributed by atoms with Crippen molar-refractivity contribution in [1.29, 1.82) is 0 Å². The second-order valence-corrected chi connectivity index (χ2v) is 6.03. The second kappa shape index (κ2) is 7.03. The van der Waals surface area contributed by atoms with E-state index in [1.54, 1.807) is 36.5 Å². The summed E-state index contributed by atoms with van der Waals surface area (Å²) in [5.74, 6) is -0.941. The molecule has 3 aromatic rings. The lowest BCUT2D eigenvalue weighted by molar-refractivity contribution is 0.0697. The van der Waals surface area contributed by atoms with Crippen LogP contribution in [-0.2, 0) is 6.42 Å². The number of aryl methyl sites for hydroxylation is 1. The number of hydrogen-bond acceptors (Lipinski definition) is 3. The summed E-state index contributed by atoms with van der Waals surface area (Å²) in [5.41, 5.74) is 9.29. The summed E-state index contributed by atoms with van der Waals surface area (Å²) in [5, 5.41) is 10.7. The lowest BCUT2D eigenvalue weighted by Gasteiger charge is -2.06. The number of carboxylic acid groups (broad SMARTS) is 1. The van der Waals surface area contributed by atoms with Crippen LogP contribution in [0.2, 0.25) is 5.02 Å². The van der Waals surface area contributed by atoms with Gasteiger partial charge < -0.3 is 15.8 Å². The minimum absolute atomic E-state index is 0.264. The van der Waals surface area contributed by atoms with Gasteiger partial charge in [0, 0.05) is 17.1 Å². The smallest absolute Gasteiger partial charge is 0.335 e. The number of benzene rings is 1. The van der Waals surface area contributed by atoms with Gasteiger partial charge >= 0.3 is 5.97 Å². The van der Waals surface area contributed by atoms with Gasteiger partial charge in [-0.1, -0.05) is 11.6 Å². The molecular weight excluding hydrogens is 326 g/mol. The third-order valence-electron chi connectivity index (χ3n) is 4.03. The largest absolute Gasteiger partial charge is 0.478 e. The van der Waals surface area contributed by atoms with Crippen molar-refractivity contribution in [1.82, 2.24) is 9.97 Å². The van der Waals surface area contributed by atoms with Crippen LogP contribution in [0.5, 0.6) is 0 Å². The number of carboxylic acids is 1. The number of rotatable bonds is 6. The van der Waals surface area contributed by atoms with Gasteiger partial charge in [0.1, 0.15) is 5.69 Å². The van der Waals surface area contributed by atoms with Crippen LogP contribution in [0, 0.1) is 0 Å². The summed E-state index contributed by atoms with van der Waals surface area (Å²) in [6.07, 6.45) is 4.29. The number of nitrogens with two attached hydrogens (primary N) is 1. The van der Waals surface area contributed by atoms with Crippen molar-refractivity contribution in [3.8, 4) is 11.4 Å². The average molecular weight is 344 g/mol. The Balaban J connectivity index is 2.18. The molecule has 0 bridgehead atoms. The van der Waals surface area contributed by atoms with Crippen LogP contribution in [0.3, 0.4) is 0 Å². The van der Waals surface area contributed by atoms with Gasteiger partial charge in [-0.3, -0.25) is 4.98 Å². The fraction of sp³-hybridized carbons (Fsp3) is 0.222. The Kier molecular flexibility index (Phi) is 4.83. The predicted molar refractivity (Wildman–Crippen MR) is 95.5 cm³/mol. The maximum Gasteiger partial charge on any atom is 0.335 e. The van der Waals surface area contributed by atoms with Gasteiger partial charge in [-0.25, -0.2) is 4.79 Å². The van der Waals surface area contributed by atoms with Crippen LogP contribution >= 0.6 is 11.6 Å². The Labute approximate surface area is 144 Å². The van der Waals surface area contributed by atoms with Gasteiger partial charge in [0.15, 0.2) is 0 Å². The molecule has 2 heterocycles. The van der Waals surface area contributed by atoms with Gasteiger partial charge in [0.05, 0.1) is 16.3 Å². The molecule has 0 aliphatic heterocycles. The number of pyridine rings is 1. The zero-order valence-electron chi connectivity index (χ0n) is 13.1. The zero-order chi connectivity index (χ0) is 17.1. The van der Waals surface area contributed by atoms with Crippen molar-refractivity contribution in [2.45, 2.75) is 19.3 Å². The Bertz CT molecular complexity index is 889. The lowest BCUT2D eigenvalue weighted by atomic mass is 10.0. The quantitative estimate of drug-likeness (QED) is 0.592. The highest BCUT2D eigenvalue weighted by Crippen LogP contribution is 2.34. The monoisotopic (exact) mass is 343 g/mol. The fourth-order valence-corrected chi connectivity index (χ4v) is 3.07. The van der Waals surface area contributed by atoms with E-state index in [1.165, 1.54) is 0 Å². The minimum atomic E-state index is -0.941. The SMILES string of the molecule is NCCCCc1c(-c2ncccc2Cl)[nH]c2ccc(C(=O)O)cc12. The van der Waals surface area contributed by atoms with E-state index in [4.69, 9.17) is 17.3 Å². The first-order valence-corrected chi connectivity index (χ1v) is 8.18. The number of aromatic amines is 1. The van der Waals surface area contributed by atoms with E-state index in [-0.39, 0.29) is 5.56 Å². The summed E-state index contributed by atoms with van der Waals surface area (Å²) in [7, 11) is 0. The number of aromatic carboxylic acids is 1. The molecule has 4 N–H and O–H groups in total. The molecule has 3 rings (SSSR count). The zero-order valence-corrected chi connectivity index (χ0v) is 13.8. The van der Waals surface area contributed by atoms with Crippen molar-refractivity contribution in [3.63, 3.8) is 0 Å². The Morgan fingerprint density at radius 3 is 2.83 bits per heavy atom. The molecule has 0 aliphatic carbocycles. The van der Waals surface area contributed by atoms with E-state index in [2.05, 4.69) is 9.97 Å². The number of carbonyl (C=O) groups is 1. The normalized spacial score (nSPS) is 11.1. The summed E-state index contributed by atoms with van der Waals surface area (Å²) in [6.45, 7) is 0.627. The fourth-order valence-electron chi connectivity index (χ4n) is 2.86. The molecular formula is C18H18ClN3O2. The topological polar surface area (TPSA) is 92.0 Å². The number of H-pyrrole nitrogens is 1. The summed E-state index contributed by atoms with van der Waals surface area (Å²) in [6, 6.07) is 8.65. The highest BCUT2D eigenvalue weighted by Gasteiger charge is 2.17. The molecule has 0 spiro atoms. The van der Waals surface area contributed by atoms with E-state index in [0.29, 0.717) is 17.3 Å². The van der Waals surface area contributed by atoms with E-state index >= 15 is 0 Å². The number of fused-ring (bicyclic) bond motifs is 1. The molecule has 0 amide bonds. The molecule has 0 saturated carbocycles. The molecule has 0 radical (unpaired) electrons. The molecule has 124 valence electrons. The highest BCUT2D eigenvalue weighted by molar-refractivity contribution is 6.33. The van der Waals surface area contributed by atoms with Crippen molar-refractivity contribution in [3.05, 3.63) is 52.7 Å². The maximum atomic E-state index is 11.3. The van der Waals surface area contributed by atoms with Gasteiger partial charge in [0.2, 0.25) is 0 Å². The third-order valence-corrected chi connectivity index (χ3v) is 4.33. The molecule has 24 heavy (non-hydrogen) atoms. The number of nitrogens with zero attached hydrogens (tertiary/aromatic N) is 1. The van der Waals surface area contributed by atoms with Crippen LogP contribution < -0.4 is 5.73 Å². The third kappa shape index (κ3) is 3.13. The van der Waals surface area contributed by atoms with Crippen LogP contribution in [-0.4, -0.2) is 27.6 Å². The number of halogens is 1. The Morgan fingerprint density at radius 1 is 1.29 bits per heavy atom. The maximum absolute atomic E-state index is 11.3. The molecule has 1 aromatic carbocycles. The molecule has 0 unspecified atom stereocenters. The average Bonchev–Trinajstić information content (AvgIpc) is 2.93. The molecule has 6 heteroatoms. The Morgan fingerprint density at radius 2 is 2.12 bits per heavy atom. The minimum Gasteiger partial charge on any atom is -0.478 e. The van der Waals surface area contributed by atoms with Gasteiger partial charge in [0.25, 0.3) is 0 Å². The standard InChI is InChI=1S/C18H18ClN3O2/c19-14-5-3-9-21-17(14)16-12(4-1-2-8-20)13-10-11(18(23)24)6-7-15(13)22-16/h3,5-7,9-10,22H,1-2,4,8,20H2,(H,23,24). The van der Waals surface area contributed by atoms with E-state index in [1.807, 2.05) is 0 Å². The number of hydrogen-bond donors (Lipinski definition) is 3. The molecule has 0 fully saturated rings. The van der Waals surface area contributed by atoms with Crippen molar-refractivity contribution < 1.29 is 9.90 Å². The molecule has 0 saturated heterocycles. The Hall–Kier alpha value is -2.37. The van der Waals surface area contributed by atoms with E-state index in [0.717, 1.165) is 41.4 Å². The lowest BCUT2D eigenvalue weighted by Crippen LogP contribution is -2.00. The first-order chi connectivity index (χ1) is 11.6. The van der Waals surface area contributed by atoms with Crippen LogP contribution in [0.25, 0.3) is 22.3 Å². The number of unbranched alkanes of at least 4 members (excludes halogenated alkanes) is 1. The highest BCUT2D eigenvalue weighted by atomic mass is 35.5. The molecule has 0 aliphatic rings. The molecule has 2 aromatic heterocycles. The van der Waals surface area contributed by atoms with Gasteiger partial charge in [-0.2, -0.15) is 0 Å². The van der Waals surface area contributed by atoms with Crippen molar-refractivity contribution >= 4 is 28.5 Å². The van der Waals surface area contributed by atoms with E-state index < -0.39 is 5.97 Å². The molecule has 0 atom stereocenters. The first-order valence-electron chi connectivity index (χ1n) is 7.80. The summed E-state index contributed by atoms with van der Waals surface area (Å²) >= 11 is 6.30. The van der Waals surface area contributed by atoms with Crippen LogP contribution in [0.15, 0.2) is 36.5 Å². The molecule has 5 nitrogen and oxygen atoms in total. The predicted octanol–water partition coefficient (Wildman–Crippen LogP) is 3.86. The first kappa shape index (κ1) is 16.5. The summed E-state index contributed by atoms with van der Waals surface area (Å²) in [4.78, 5) is 19.0. The van der Waals surface area contributed by atoms with Gasteiger partial charge in [-0.15, -0.1) is 0 Å². The van der Waals surface area contributed by atoms with Crippen LogP contribution in [0.4, 0.5) is 0 Å². The van der Waals surface area contributed by atoms with Crippen LogP contribution in [0.1, 0.15) is 28.8 Å². The number of aromatic nitrogens is 2. The van der Waals surface area contributed by atoms with Gasteiger partial charge in [-0.05, 0) is 61.7 Å². The van der Waals surface area contributed by atoms with Crippen molar-refractivity contribution in [2.75, 3.05) is 6.54 Å². The van der Waals surface area contributed by atoms with Crippen molar-refractivity contribution in [2.24, 2.45) is 5.73 Å². The summed E-state index contributed by atoms with van der Waals surface area (Å²) < 4.78 is 0.